The molecule has 2 rings (SSSR count). The zero-order valence-electron chi connectivity index (χ0n) is 8.99. The molecule has 0 atom stereocenters. The topological polar surface area (TPSA) is 56.2 Å². The standard InChI is InChI=1S/C11H10O2.CH5N/c1-2-9(12)11-7-8-5-3-4-6-10(8)13-11;1-2/h3-7H,2H2,1H3;2H2,1H3. The number of hydrogen-bond acceptors (Lipinski definition) is 3. The van der Waals surface area contributed by atoms with E-state index in [0.717, 1.165) is 11.0 Å². The summed E-state index contributed by atoms with van der Waals surface area (Å²) in [7, 11) is 1.50. The van der Waals surface area contributed by atoms with Crippen LogP contribution in [0.1, 0.15) is 23.9 Å². The maximum atomic E-state index is 11.3. The highest BCUT2D eigenvalue weighted by Crippen LogP contribution is 2.19. The Balaban J connectivity index is 0.000000531. The lowest BCUT2D eigenvalue weighted by Crippen LogP contribution is -1.92. The third-order valence-electron chi connectivity index (χ3n) is 2.02. The average molecular weight is 205 g/mol. The highest BCUT2D eigenvalue weighted by molar-refractivity contribution is 5.97. The van der Waals surface area contributed by atoms with Gasteiger partial charge in [-0.2, -0.15) is 0 Å². The van der Waals surface area contributed by atoms with Gasteiger partial charge in [-0.3, -0.25) is 4.79 Å². The van der Waals surface area contributed by atoms with E-state index in [2.05, 4.69) is 5.73 Å². The molecule has 3 heteroatoms. The fourth-order valence-electron chi connectivity index (χ4n) is 1.29. The lowest BCUT2D eigenvalue weighted by atomic mass is 10.2. The van der Waals surface area contributed by atoms with E-state index in [4.69, 9.17) is 4.42 Å². The quantitative estimate of drug-likeness (QED) is 0.766. The van der Waals surface area contributed by atoms with Crippen LogP contribution in [-0.2, 0) is 0 Å². The van der Waals surface area contributed by atoms with Gasteiger partial charge < -0.3 is 10.2 Å². The first-order valence-electron chi connectivity index (χ1n) is 4.91. The van der Waals surface area contributed by atoms with Gasteiger partial charge in [-0.15, -0.1) is 0 Å². The third-order valence-corrected chi connectivity index (χ3v) is 2.02. The number of nitrogens with two attached hydrogens (primary N) is 1. The summed E-state index contributed by atoms with van der Waals surface area (Å²) in [5, 5.41) is 0.985. The van der Waals surface area contributed by atoms with E-state index in [0.29, 0.717) is 12.2 Å². The lowest BCUT2D eigenvalue weighted by molar-refractivity contribution is 0.0963. The van der Waals surface area contributed by atoms with Crippen molar-refractivity contribution in [2.75, 3.05) is 7.05 Å². The van der Waals surface area contributed by atoms with E-state index in [-0.39, 0.29) is 5.78 Å². The monoisotopic (exact) mass is 205 g/mol. The summed E-state index contributed by atoms with van der Waals surface area (Å²) in [4.78, 5) is 11.3. The molecule has 0 saturated heterocycles. The number of ketones is 1. The molecule has 1 aromatic heterocycles. The van der Waals surface area contributed by atoms with Crippen molar-refractivity contribution in [3.63, 3.8) is 0 Å². The Morgan fingerprint density at radius 1 is 1.33 bits per heavy atom. The Hall–Kier alpha value is -1.61. The Morgan fingerprint density at radius 2 is 2.00 bits per heavy atom. The molecule has 0 aliphatic heterocycles. The highest BCUT2D eigenvalue weighted by atomic mass is 16.3. The van der Waals surface area contributed by atoms with Crippen LogP contribution in [0.4, 0.5) is 0 Å². The van der Waals surface area contributed by atoms with Crippen molar-refractivity contribution in [3.8, 4) is 0 Å². The Bertz CT molecular complexity index is 413. The van der Waals surface area contributed by atoms with E-state index in [1.54, 1.807) is 6.07 Å². The van der Waals surface area contributed by atoms with E-state index < -0.39 is 0 Å². The van der Waals surface area contributed by atoms with Crippen LogP contribution in [0.5, 0.6) is 0 Å². The zero-order valence-corrected chi connectivity index (χ0v) is 8.99. The molecule has 80 valence electrons. The first-order chi connectivity index (χ1) is 7.31. The first-order valence-corrected chi connectivity index (χ1v) is 4.91. The van der Waals surface area contributed by atoms with Crippen LogP contribution < -0.4 is 5.73 Å². The van der Waals surface area contributed by atoms with Gasteiger partial charge in [0.15, 0.2) is 11.5 Å². The molecule has 0 aliphatic rings. The molecule has 0 fully saturated rings. The SMILES string of the molecule is CCC(=O)c1cc2ccccc2o1.CN. The highest BCUT2D eigenvalue weighted by Gasteiger charge is 2.08. The van der Waals surface area contributed by atoms with Crippen LogP contribution in [0.3, 0.4) is 0 Å². The van der Waals surface area contributed by atoms with Gasteiger partial charge in [0, 0.05) is 11.8 Å². The third kappa shape index (κ3) is 2.44. The van der Waals surface area contributed by atoms with Crippen molar-refractivity contribution in [1.82, 2.24) is 0 Å². The van der Waals surface area contributed by atoms with Crippen molar-refractivity contribution < 1.29 is 9.21 Å². The van der Waals surface area contributed by atoms with E-state index in [9.17, 15) is 4.79 Å². The molecule has 0 spiro atoms. The van der Waals surface area contributed by atoms with Gasteiger partial charge in [0.1, 0.15) is 5.58 Å². The van der Waals surface area contributed by atoms with Crippen LogP contribution >= 0.6 is 0 Å². The van der Waals surface area contributed by atoms with Gasteiger partial charge >= 0.3 is 0 Å². The number of benzene rings is 1. The van der Waals surface area contributed by atoms with Crippen LogP contribution in [0.15, 0.2) is 34.7 Å². The summed E-state index contributed by atoms with van der Waals surface area (Å²) >= 11 is 0. The Kier molecular flexibility index (Phi) is 4.06. The van der Waals surface area contributed by atoms with Gasteiger partial charge in [0.2, 0.25) is 0 Å². The van der Waals surface area contributed by atoms with Crippen LogP contribution in [0.2, 0.25) is 0 Å². The Morgan fingerprint density at radius 3 is 2.60 bits per heavy atom. The smallest absolute Gasteiger partial charge is 0.197 e. The van der Waals surface area contributed by atoms with Crippen molar-refractivity contribution >= 4 is 16.8 Å². The summed E-state index contributed by atoms with van der Waals surface area (Å²) in [5.41, 5.74) is 5.28. The average Bonchev–Trinajstić information content (AvgIpc) is 2.74. The summed E-state index contributed by atoms with van der Waals surface area (Å²) in [5.74, 6) is 0.514. The largest absolute Gasteiger partial charge is 0.453 e. The van der Waals surface area contributed by atoms with Gasteiger partial charge in [-0.05, 0) is 19.2 Å². The number of fused-ring (bicyclic) bond motifs is 1. The molecule has 0 saturated carbocycles. The molecular formula is C12H15NO2. The van der Waals surface area contributed by atoms with Gasteiger partial charge in [0.05, 0.1) is 0 Å². The minimum Gasteiger partial charge on any atom is -0.453 e. The van der Waals surface area contributed by atoms with E-state index in [1.807, 2.05) is 31.2 Å². The summed E-state index contributed by atoms with van der Waals surface area (Å²) in [6.07, 6.45) is 0.486. The molecule has 1 heterocycles. The maximum absolute atomic E-state index is 11.3. The fraction of sp³-hybridized carbons (Fsp3) is 0.250. The second-order valence-electron chi connectivity index (χ2n) is 2.93. The molecular weight excluding hydrogens is 190 g/mol. The maximum Gasteiger partial charge on any atom is 0.197 e. The number of rotatable bonds is 2. The molecule has 2 N–H and O–H groups in total. The predicted octanol–water partition coefficient (Wildman–Crippen LogP) is 2.60. The number of furan rings is 1. The van der Waals surface area contributed by atoms with Gasteiger partial charge in [0.25, 0.3) is 0 Å². The number of carbonyl (C=O) groups excluding carboxylic acids is 1. The molecule has 0 bridgehead atoms. The van der Waals surface area contributed by atoms with Crippen LogP contribution in [0, 0.1) is 0 Å². The minimum atomic E-state index is 0.0520. The number of para-hydroxylation sites is 1. The number of Topliss-reactive ketones (excluding diaryl/α,β-unsaturated/α-hetero) is 1. The van der Waals surface area contributed by atoms with Gasteiger partial charge in [-0.1, -0.05) is 25.1 Å². The molecule has 0 aliphatic carbocycles. The number of hydrogen-bond donors (Lipinski definition) is 1. The molecule has 0 amide bonds. The van der Waals surface area contributed by atoms with Crippen molar-refractivity contribution in [2.45, 2.75) is 13.3 Å². The number of carbonyl (C=O) groups is 1. The zero-order chi connectivity index (χ0) is 11.3. The normalized spacial score (nSPS) is 9.53. The minimum absolute atomic E-state index is 0.0520. The lowest BCUT2D eigenvalue weighted by Gasteiger charge is -1.87. The Labute approximate surface area is 88.9 Å². The molecule has 15 heavy (non-hydrogen) atoms. The second-order valence-corrected chi connectivity index (χ2v) is 2.93. The molecule has 1 aromatic carbocycles. The van der Waals surface area contributed by atoms with Crippen molar-refractivity contribution in [3.05, 3.63) is 36.1 Å². The molecule has 2 aromatic rings. The predicted molar refractivity (Wildman–Crippen MR) is 60.9 cm³/mol. The summed E-state index contributed by atoms with van der Waals surface area (Å²) < 4.78 is 5.37. The van der Waals surface area contributed by atoms with Crippen LogP contribution in [-0.4, -0.2) is 12.8 Å². The second kappa shape index (κ2) is 5.32. The fourth-order valence-corrected chi connectivity index (χ4v) is 1.29. The van der Waals surface area contributed by atoms with Crippen LogP contribution in [0.25, 0.3) is 11.0 Å². The van der Waals surface area contributed by atoms with E-state index in [1.165, 1.54) is 7.05 Å². The summed E-state index contributed by atoms with van der Waals surface area (Å²) in [6.45, 7) is 1.83. The van der Waals surface area contributed by atoms with Crippen molar-refractivity contribution in [1.29, 1.82) is 0 Å². The molecule has 0 radical (unpaired) electrons. The van der Waals surface area contributed by atoms with Crippen molar-refractivity contribution in [2.24, 2.45) is 5.73 Å². The first kappa shape index (κ1) is 11.5. The molecule has 3 nitrogen and oxygen atoms in total. The van der Waals surface area contributed by atoms with Gasteiger partial charge in [-0.25, -0.2) is 0 Å². The van der Waals surface area contributed by atoms with E-state index >= 15 is 0 Å². The molecule has 0 unspecified atom stereocenters. The summed E-state index contributed by atoms with van der Waals surface area (Å²) in [6, 6.07) is 9.41.